The zero-order chi connectivity index (χ0) is 17.3. The third-order valence-corrected chi connectivity index (χ3v) is 3.06. The Morgan fingerprint density at radius 1 is 1.05 bits per heavy atom. The molecule has 0 saturated heterocycles. The molecule has 1 unspecified atom stereocenters. The predicted octanol–water partition coefficient (Wildman–Crippen LogP) is 2.03. The van der Waals surface area contributed by atoms with Gasteiger partial charge in [-0.05, 0) is 19.3 Å². The number of rotatable bonds is 5. The lowest BCUT2D eigenvalue weighted by atomic mass is 9.96. The van der Waals surface area contributed by atoms with E-state index >= 15 is 0 Å². The monoisotopic (exact) mass is 336 g/mol. The predicted molar refractivity (Wildman–Crippen MR) is 55.8 cm³/mol. The van der Waals surface area contributed by atoms with E-state index in [1.807, 2.05) is 0 Å². The van der Waals surface area contributed by atoms with Gasteiger partial charge in [-0.3, -0.25) is 4.79 Å². The fourth-order valence-electron chi connectivity index (χ4n) is 1.74. The maximum absolute atomic E-state index is 13.3. The van der Waals surface area contributed by atoms with Crippen molar-refractivity contribution in [2.45, 2.75) is 49.6 Å². The van der Waals surface area contributed by atoms with Crippen molar-refractivity contribution in [2.75, 3.05) is 0 Å². The van der Waals surface area contributed by atoms with Crippen molar-refractivity contribution < 1.29 is 50.6 Å². The van der Waals surface area contributed by atoms with Crippen LogP contribution in [0.1, 0.15) is 25.7 Å². The standard InChI is InChI=1S/C11H10F6O5/c12-9(13,7(19)20)11(16,17)10(14,15)8(21)22-6-4-2-1-3-5(6)18/h6H,1-4H2,(H,19,20). The number of alkyl halides is 6. The Hall–Kier alpha value is -1.81. The molecule has 1 N–H and O–H groups in total. The molecule has 1 aliphatic carbocycles. The van der Waals surface area contributed by atoms with Crippen molar-refractivity contribution >= 4 is 17.7 Å². The number of aliphatic carboxylic acids is 1. The number of hydrogen-bond acceptors (Lipinski definition) is 4. The minimum Gasteiger partial charge on any atom is -0.477 e. The fraction of sp³-hybridized carbons (Fsp3) is 0.727. The number of carbonyl (C=O) groups is 3. The second-order valence-electron chi connectivity index (χ2n) is 4.63. The van der Waals surface area contributed by atoms with E-state index in [1.165, 1.54) is 0 Å². The molecule has 0 heterocycles. The molecule has 1 aliphatic rings. The molecule has 11 heteroatoms. The van der Waals surface area contributed by atoms with Gasteiger partial charge in [-0.15, -0.1) is 0 Å². The molecule has 0 aromatic rings. The average molecular weight is 336 g/mol. The van der Waals surface area contributed by atoms with E-state index in [4.69, 9.17) is 5.11 Å². The first-order valence-electron chi connectivity index (χ1n) is 5.96. The van der Waals surface area contributed by atoms with Crippen LogP contribution in [0.2, 0.25) is 0 Å². The number of carboxylic acids is 1. The van der Waals surface area contributed by atoms with Gasteiger partial charge >= 0.3 is 29.7 Å². The summed E-state index contributed by atoms with van der Waals surface area (Å²) >= 11 is 0. The lowest BCUT2D eigenvalue weighted by molar-refractivity contribution is -0.300. The van der Waals surface area contributed by atoms with Gasteiger partial charge in [0, 0.05) is 6.42 Å². The van der Waals surface area contributed by atoms with E-state index in [9.17, 15) is 40.7 Å². The Morgan fingerprint density at radius 3 is 2.05 bits per heavy atom. The topological polar surface area (TPSA) is 80.7 Å². The Labute approximate surface area is 119 Å². The van der Waals surface area contributed by atoms with Gasteiger partial charge in [-0.25, -0.2) is 9.59 Å². The highest BCUT2D eigenvalue weighted by atomic mass is 19.3. The van der Waals surface area contributed by atoms with Crippen molar-refractivity contribution in [3.05, 3.63) is 0 Å². The molecule has 126 valence electrons. The first-order valence-corrected chi connectivity index (χ1v) is 5.96. The number of halogens is 6. The minimum absolute atomic E-state index is 0.134. The van der Waals surface area contributed by atoms with E-state index < -0.39 is 41.6 Å². The van der Waals surface area contributed by atoms with Crippen LogP contribution in [0.5, 0.6) is 0 Å². The quantitative estimate of drug-likeness (QED) is 0.614. The summed E-state index contributed by atoms with van der Waals surface area (Å²) in [5, 5.41) is 7.92. The van der Waals surface area contributed by atoms with Gasteiger partial charge in [0.2, 0.25) is 0 Å². The smallest absolute Gasteiger partial charge is 0.411 e. The Balaban J connectivity index is 2.99. The van der Waals surface area contributed by atoms with Gasteiger partial charge in [0.15, 0.2) is 11.9 Å². The number of hydrogen-bond donors (Lipinski definition) is 1. The third-order valence-electron chi connectivity index (χ3n) is 3.06. The number of ether oxygens (including phenoxy) is 1. The molecule has 1 saturated carbocycles. The van der Waals surface area contributed by atoms with Crippen LogP contribution >= 0.6 is 0 Å². The molecule has 0 aromatic carbocycles. The van der Waals surface area contributed by atoms with Gasteiger partial charge in [0.25, 0.3) is 0 Å². The summed E-state index contributed by atoms with van der Waals surface area (Å²) in [5.74, 6) is -26.2. The summed E-state index contributed by atoms with van der Waals surface area (Å²) in [7, 11) is 0. The first kappa shape index (κ1) is 18.2. The van der Waals surface area contributed by atoms with E-state index in [0.717, 1.165) is 0 Å². The SMILES string of the molecule is O=C1CCCCC1OC(=O)C(F)(F)C(F)(F)C(F)(F)C(=O)O. The van der Waals surface area contributed by atoms with Gasteiger partial charge in [-0.2, -0.15) is 26.3 Å². The highest BCUT2D eigenvalue weighted by Gasteiger charge is 2.79. The lowest BCUT2D eigenvalue weighted by Crippen LogP contribution is -2.61. The summed E-state index contributed by atoms with van der Waals surface area (Å²) < 4.78 is 82.0. The number of carbonyl (C=O) groups excluding carboxylic acids is 2. The van der Waals surface area contributed by atoms with Crippen molar-refractivity contribution in [1.82, 2.24) is 0 Å². The first-order chi connectivity index (χ1) is 9.85. The van der Waals surface area contributed by atoms with Crippen LogP contribution < -0.4 is 0 Å². The molecule has 0 bridgehead atoms. The molecule has 5 nitrogen and oxygen atoms in total. The highest BCUT2D eigenvalue weighted by Crippen LogP contribution is 2.46. The van der Waals surface area contributed by atoms with E-state index in [-0.39, 0.29) is 19.3 Å². The largest absolute Gasteiger partial charge is 0.477 e. The van der Waals surface area contributed by atoms with Crippen molar-refractivity contribution in [3.63, 3.8) is 0 Å². The molecule has 0 spiro atoms. The maximum Gasteiger partial charge on any atom is 0.411 e. The third kappa shape index (κ3) is 2.88. The summed E-state index contributed by atoms with van der Waals surface area (Å²) in [6, 6.07) is 0. The van der Waals surface area contributed by atoms with Crippen LogP contribution in [-0.2, 0) is 19.1 Å². The summed E-state index contributed by atoms with van der Waals surface area (Å²) in [6.07, 6.45) is -1.40. The fourth-order valence-corrected chi connectivity index (χ4v) is 1.74. The van der Waals surface area contributed by atoms with Crippen LogP contribution in [0.15, 0.2) is 0 Å². The summed E-state index contributed by atoms with van der Waals surface area (Å²) in [6.45, 7) is 0. The van der Waals surface area contributed by atoms with Crippen LogP contribution in [0.4, 0.5) is 26.3 Å². The number of ketones is 1. The van der Waals surface area contributed by atoms with Gasteiger partial charge < -0.3 is 9.84 Å². The van der Waals surface area contributed by atoms with Crippen molar-refractivity contribution in [2.24, 2.45) is 0 Å². The van der Waals surface area contributed by atoms with Crippen LogP contribution in [-0.4, -0.2) is 46.7 Å². The van der Waals surface area contributed by atoms with E-state index in [0.29, 0.717) is 6.42 Å². The Bertz CT molecular complexity index is 489. The van der Waals surface area contributed by atoms with E-state index in [2.05, 4.69) is 4.74 Å². The zero-order valence-electron chi connectivity index (χ0n) is 10.8. The molecule has 1 atom stereocenters. The van der Waals surface area contributed by atoms with E-state index in [1.54, 1.807) is 0 Å². The van der Waals surface area contributed by atoms with Crippen LogP contribution in [0, 0.1) is 0 Å². The molecule has 0 amide bonds. The Morgan fingerprint density at radius 2 is 1.59 bits per heavy atom. The number of carboxylic acid groups (broad SMARTS) is 1. The summed E-state index contributed by atoms with van der Waals surface area (Å²) in [5.41, 5.74) is 0. The molecule has 22 heavy (non-hydrogen) atoms. The van der Waals surface area contributed by atoms with Gasteiger partial charge in [0.05, 0.1) is 0 Å². The minimum atomic E-state index is -6.53. The average Bonchev–Trinajstić information content (AvgIpc) is 2.40. The van der Waals surface area contributed by atoms with Crippen LogP contribution in [0.3, 0.4) is 0 Å². The van der Waals surface area contributed by atoms with Crippen LogP contribution in [0.25, 0.3) is 0 Å². The highest BCUT2D eigenvalue weighted by molar-refractivity contribution is 5.89. The normalized spacial score (nSPS) is 20.6. The van der Waals surface area contributed by atoms with Gasteiger partial charge in [0.1, 0.15) is 0 Å². The van der Waals surface area contributed by atoms with Crippen molar-refractivity contribution in [3.8, 4) is 0 Å². The molecule has 0 aromatic heterocycles. The summed E-state index contributed by atoms with van der Waals surface area (Å²) in [4.78, 5) is 32.3. The second-order valence-corrected chi connectivity index (χ2v) is 4.63. The molecular formula is C11H10F6O5. The molecular weight excluding hydrogens is 326 g/mol. The Kier molecular flexibility index (Phi) is 4.78. The molecule has 0 aliphatic heterocycles. The van der Waals surface area contributed by atoms with Crippen molar-refractivity contribution in [1.29, 1.82) is 0 Å². The molecule has 1 rings (SSSR count). The lowest BCUT2D eigenvalue weighted by Gasteiger charge is -2.30. The maximum atomic E-state index is 13.3. The zero-order valence-corrected chi connectivity index (χ0v) is 10.8. The number of esters is 1. The number of Topliss-reactive ketones (excluding diaryl/α,β-unsaturated/α-hetero) is 1. The molecule has 0 radical (unpaired) electrons. The molecule has 1 fully saturated rings. The second kappa shape index (κ2) is 5.76. The van der Waals surface area contributed by atoms with Gasteiger partial charge in [-0.1, -0.05) is 0 Å².